The smallest absolute Gasteiger partial charge is 0.410 e. The van der Waals surface area contributed by atoms with Crippen LogP contribution in [-0.2, 0) is 11.2 Å². The highest BCUT2D eigenvalue weighted by molar-refractivity contribution is 5.68. The number of rotatable bonds is 6. The summed E-state index contributed by atoms with van der Waals surface area (Å²) in [7, 11) is 1.73. The fourth-order valence-electron chi connectivity index (χ4n) is 2.45. The van der Waals surface area contributed by atoms with Crippen LogP contribution in [0.1, 0.15) is 32.2 Å². The number of nitriles is 1. The number of benzene rings is 1. The zero-order valence-electron chi connectivity index (χ0n) is 16.1. The topological polar surface area (TPSA) is 91.1 Å². The minimum atomic E-state index is -0.565. The summed E-state index contributed by atoms with van der Waals surface area (Å²) in [6.07, 6.45) is 1.79. The first-order valence-corrected chi connectivity index (χ1v) is 8.75. The van der Waals surface area contributed by atoms with Crippen LogP contribution >= 0.6 is 0 Å². The van der Waals surface area contributed by atoms with Crippen molar-refractivity contribution >= 4 is 11.9 Å². The van der Waals surface area contributed by atoms with Crippen LogP contribution in [0.5, 0.6) is 0 Å². The fraction of sp³-hybridized carbons (Fsp3) is 0.400. The zero-order valence-corrected chi connectivity index (χ0v) is 16.1. The van der Waals surface area contributed by atoms with Gasteiger partial charge in [-0.25, -0.2) is 14.8 Å². The SMILES string of the molecule is CN(C(=O)OC(C)(C)C)C(CNc1ccnc(C#N)n1)Cc1ccccc1. The van der Waals surface area contributed by atoms with Gasteiger partial charge in [0.15, 0.2) is 0 Å². The average Bonchev–Trinajstić information content (AvgIpc) is 2.64. The first-order chi connectivity index (χ1) is 12.8. The Bertz CT molecular complexity index is 796. The van der Waals surface area contributed by atoms with E-state index in [1.165, 1.54) is 6.20 Å². The summed E-state index contributed by atoms with van der Waals surface area (Å²) in [5, 5.41) is 12.1. The Kier molecular flexibility index (Phi) is 6.72. The molecule has 0 radical (unpaired) electrons. The molecular weight excluding hydrogens is 342 g/mol. The van der Waals surface area contributed by atoms with Crippen LogP contribution in [0, 0.1) is 11.3 Å². The van der Waals surface area contributed by atoms with E-state index >= 15 is 0 Å². The van der Waals surface area contributed by atoms with Crippen LogP contribution in [0.25, 0.3) is 0 Å². The fourth-order valence-corrected chi connectivity index (χ4v) is 2.45. The van der Waals surface area contributed by atoms with Crippen molar-refractivity contribution in [1.29, 1.82) is 5.26 Å². The van der Waals surface area contributed by atoms with Gasteiger partial charge in [-0.2, -0.15) is 5.26 Å². The largest absolute Gasteiger partial charge is 0.444 e. The molecule has 1 heterocycles. The molecule has 2 rings (SSSR count). The molecule has 2 aromatic rings. The number of likely N-dealkylation sites (N-methyl/N-ethyl adjacent to an activating group) is 1. The summed E-state index contributed by atoms with van der Waals surface area (Å²) in [5.74, 6) is 0.636. The highest BCUT2D eigenvalue weighted by Gasteiger charge is 2.25. The van der Waals surface area contributed by atoms with Crippen molar-refractivity contribution in [1.82, 2.24) is 14.9 Å². The van der Waals surface area contributed by atoms with E-state index in [0.29, 0.717) is 18.8 Å². The second kappa shape index (κ2) is 8.99. The highest BCUT2D eigenvalue weighted by Crippen LogP contribution is 2.14. The summed E-state index contributed by atoms with van der Waals surface area (Å²) in [5.41, 5.74) is 0.546. The van der Waals surface area contributed by atoms with Gasteiger partial charge in [0.25, 0.3) is 0 Å². The number of hydrogen-bond donors (Lipinski definition) is 1. The lowest BCUT2D eigenvalue weighted by Crippen LogP contribution is -2.45. The molecule has 1 N–H and O–H groups in total. The molecule has 1 aromatic heterocycles. The molecule has 0 bridgehead atoms. The molecule has 0 spiro atoms. The summed E-state index contributed by atoms with van der Waals surface area (Å²) in [6, 6.07) is 13.4. The van der Waals surface area contributed by atoms with E-state index in [4.69, 9.17) is 10.00 Å². The van der Waals surface area contributed by atoms with Crippen LogP contribution in [-0.4, -0.2) is 46.2 Å². The Balaban J connectivity index is 2.13. The number of ether oxygens (including phenoxy) is 1. The predicted octanol–water partition coefficient (Wildman–Crippen LogP) is 3.24. The van der Waals surface area contributed by atoms with Gasteiger partial charge < -0.3 is 15.0 Å². The van der Waals surface area contributed by atoms with E-state index in [2.05, 4.69) is 15.3 Å². The van der Waals surface area contributed by atoms with E-state index in [9.17, 15) is 4.79 Å². The van der Waals surface area contributed by atoms with Gasteiger partial charge in [-0.3, -0.25) is 0 Å². The third-order valence-corrected chi connectivity index (χ3v) is 3.82. The van der Waals surface area contributed by atoms with Gasteiger partial charge in [0.05, 0.1) is 6.04 Å². The van der Waals surface area contributed by atoms with Crippen LogP contribution in [0.4, 0.5) is 10.6 Å². The summed E-state index contributed by atoms with van der Waals surface area (Å²) < 4.78 is 5.50. The summed E-state index contributed by atoms with van der Waals surface area (Å²) in [4.78, 5) is 22.1. The lowest BCUT2D eigenvalue weighted by Gasteiger charge is -2.31. The molecule has 0 aliphatic carbocycles. The molecule has 0 saturated heterocycles. The van der Waals surface area contributed by atoms with E-state index in [1.54, 1.807) is 18.0 Å². The Morgan fingerprint density at radius 1 is 1.30 bits per heavy atom. The molecule has 0 fully saturated rings. The molecule has 7 heteroatoms. The number of carbonyl (C=O) groups is 1. The molecular formula is C20H25N5O2. The third kappa shape index (κ3) is 6.59. The molecule has 1 atom stereocenters. The number of carbonyl (C=O) groups excluding carboxylic acids is 1. The van der Waals surface area contributed by atoms with Crippen molar-refractivity contribution in [3.05, 3.63) is 54.0 Å². The number of hydrogen-bond acceptors (Lipinski definition) is 6. The highest BCUT2D eigenvalue weighted by atomic mass is 16.6. The van der Waals surface area contributed by atoms with Gasteiger partial charge in [-0.15, -0.1) is 0 Å². The molecule has 27 heavy (non-hydrogen) atoms. The van der Waals surface area contributed by atoms with E-state index < -0.39 is 5.60 Å². The van der Waals surface area contributed by atoms with Gasteiger partial charge in [0.2, 0.25) is 5.82 Å². The van der Waals surface area contributed by atoms with Crippen molar-refractivity contribution in [3.63, 3.8) is 0 Å². The van der Waals surface area contributed by atoms with Crippen molar-refractivity contribution in [2.75, 3.05) is 18.9 Å². The first kappa shape index (κ1) is 20.2. The number of nitrogens with one attached hydrogen (secondary N) is 1. The molecule has 0 saturated carbocycles. The minimum Gasteiger partial charge on any atom is -0.444 e. The Labute approximate surface area is 160 Å². The third-order valence-electron chi connectivity index (χ3n) is 3.82. The lowest BCUT2D eigenvalue weighted by molar-refractivity contribution is 0.0231. The summed E-state index contributed by atoms with van der Waals surface area (Å²) >= 11 is 0. The van der Waals surface area contributed by atoms with Crippen molar-refractivity contribution in [2.45, 2.75) is 38.8 Å². The average molecular weight is 367 g/mol. The molecule has 1 unspecified atom stereocenters. The first-order valence-electron chi connectivity index (χ1n) is 8.75. The minimum absolute atomic E-state index is 0.0973. The number of aromatic nitrogens is 2. The second-order valence-electron chi connectivity index (χ2n) is 7.19. The second-order valence-corrected chi connectivity index (χ2v) is 7.19. The monoisotopic (exact) mass is 367 g/mol. The molecule has 142 valence electrons. The normalized spacial score (nSPS) is 12.0. The number of nitrogens with zero attached hydrogens (tertiary/aromatic N) is 4. The van der Waals surface area contributed by atoms with E-state index in [-0.39, 0.29) is 18.0 Å². The van der Waals surface area contributed by atoms with Crippen LogP contribution in [0.2, 0.25) is 0 Å². The number of anilines is 1. The standard InChI is InChI=1S/C20H25N5O2/c1-20(2,3)27-19(26)25(4)16(12-15-8-6-5-7-9-15)14-23-17-10-11-22-18(13-21)24-17/h5-11,16H,12,14H2,1-4H3,(H,22,23,24). The van der Waals surface area contributed by atoms with Gasteiger partial charge in [-0.1, -0.05) is 30.3 Å². The maximum Gasteiger partial charge on any atom is 0.410 e. The molecule has 0 aliphatic rings. The predicted molar refractivity (Wildman–Crippen MR) is 103 cm³/mol. The Hall–Kier alpha value is -3.14. The van der Waals surface area contributed by atoms with Crippen molar-refractivity contribution < 1.29 is 9.53 Å². The van der Waals surface area contributed by atoms with Gasteiger partial charge in [-0.05, 0) is 38.8 Å². The van der Waals surface area contributed by atoms with Gasteiger partial charge in [0.1, 0.15) is 17.5 Å². The van der Waals surface area contributed by atoms with E-state index in [1.807, 2.05) is 57.2 Å². The van der Waals surface area contributed by atoms with Crippen LogP contribution in [0.3, 0.4) is 0 Å². The Morgan fingerprint density at radius 2 is 2.00 bits per heavy atom. The quantitative estimate of drug-likeness (QED) is 0.843. The maximum absolute atomic E-state index is 12.5. The van der Waals surface area contributed by atoms with Gasteiger partial charge in [0, 0.05) is 19.8 Å². The number of amides is 1. The summed E-state index contributed by atoms with van der Waals surface area (Å²) in [6.45, 7) is 5.97. The van der Waals surface area contributed by atoms with Crippen LogP contribution < -0.4 is 5.32 Å². The molecule has 1 aromatic carbocycles. The van der Waals surface area contributed by atoms with Crippen LogP contribution in [0.15, 0.2) is 42.6 Å². The molecule has 0 aliphatic heterocycles. The Morgan fingerprint density at radius 3 is 2.63 bits per heavy atom. The van der Waals surface area contributed by atoms with Crippen molar-refractivity contribution in [3.8, 4) is 6.07 Å². The molecule has 7 nitrogen and oxygen atoms in total. The van der Waals surface area contributed by atoms with Crippen molar-refractivity contribution in [2.24, 2.45) is 0 Å². The molecule has 1 amide bonds. The maximum atomic E-state index is 12.5. The zero-order chi connectivity index (χ0) is 19.9. The van der Waals surface area contributed by atoms with Gasteiger partial charge >= 0.3 is 6.09 Å². The van der Waals surface area contributed by atoms with E-state index in [0.717, 1.165) is 5.56 Å². The lowest BCUT2D eigenvalue weighted by atomic mass is 10.1.